The Morgan fingerprint density at radius 3 is 2.87 bits per heavy atom. The van der Waals surface area contributed by atoms with Crippen LogP contribution in [0.25, 0.3) is 11.1 Å². The van der Waals surface area contributed by atoms with Crippen LogP contribution in [0.4, 0.5) is 0 Å². The van der Waals surface area contributed by atoms with E-state index in [9.17, 15) is 0 Å². The molecule has 0 amide bonds. The Morgan fingerprint density at radius 1 is 1.47 bits per heavy atom. The third-order valence-electron chi connectivity index (χ3n) is 3.32. The van der Waals surface area contributed by atoms with Crippen LogP contribution in [-0.2, 0) is 5.41 Å². The van der Waals surface area contributed by atoms with Gasteiger partial charge in [0.05, 0.1) is 5.41 Å². The number of nitrogens with two attached hydrogens (primary N) is 1. The molecular formula is C12H14N2O. The van der Waals surface area contributed by atoms with E-state index in [0.717, 1.165) is 35.4 Å². The maximum absolute atomic E-state index is 5.78. The first-order valence-electron chi connectivity index (χ1n) is 5.32. The molecule has 3 rings (SSSR count). The SMILES string of the molecule is Cc1cccc2oc(C3(CN)CC3)nc12. The molecule has 3 nitrogen and oxygen atoms in total. The van der Waals surface area contributed by atoms with E-state index in [1.54, 1.807) is 0 Å². The lowest BCUT2D eigenvalue weighted by Crippen LogP contribution is -2.19. The summed E-state index contributed by atoms with van der Waals surface area (Å²) in [6, 6.07) is 6.01. The molecule has 15 heavy (non-hydrogen) atoms. The van der Waals surface area contributed by atoms with E-state index in [4.69, 9.17) is 10.2 Å². The average molecular weight is 202 g/mol. The highest BCUT2D eigenvalue weighted by Gasteiger charge is 2.47. The van der Waals surface area contributed by atoms with Gasteiger partial charge in [0.15, 0.2) is 5.58 Å². The number of nitrogens with zero attached hydrogens (tertiary/aromatic N) is 1. The van der Waals surface area contributed by atoms with Crippen molar-refractivity contribution in [1.29, 1.82) is 0 Å². The Labute approximate surface area is 88.3 Å². The topological polar surface area (TPSA) is 52.0 Å². The summed E-state index contributed by atoms with van der Waals surface area (Å²) in [6.45, 7) is 2.69. The molecule has 0 atom stereocenters. The first kappa shape index (κ1) is 8.92. The molecule has 1 saturated carbocycles. The fourth-order valence-corrected chi connectivity index (χ4v) is 1.97. The number of fused-ring (bicyclic) bond motifs is 1. The van der Waals surface area contributed by atoms with Gasteiger partial charge in [-0.2, -0.15) is 0 Å². The second-order valence-electron chi connectivity index (χ2n) is 4.43. The molecule has 0 saturated heterocycles. The number of hydrogen-bond donors (Lipinski definition) is 1. The molecule has 1 aromatic heterocycles. The van der Waals surface area contributed by atoms with Gasteiger partial charge < -0.3 is 10.2 Å². The molecule has 1 fully saturated rings. The Kier molecular flexibility index (Phi) is 1.68. The van der Waals surface area contributed by atoms with E-state index < -0.39 is 0 Å². The van der Waals surface area contributed by atoms with Crippen molar-refractivity contribution in [2.45, 2.75) is 25.2 Å². The van der Waals surface area contributed by atoms with Crippen LogP contribution in [0, 0.1) is 6.92 Å². The normalized spacial score (nSPS) is 18.3. The summed E-state index contributed by atoms with van der Waals surface area (Å²) in [6.07, 6.45) is 2.21. The molecule has 1 heterocycles. The third kappa shape index (κ3) is 1.20. The molecule has 2 aromatic rings. The van der Waals surface area contributed by atoms with Crippen LogP contribution in [-0.4, -0.2) is 11.5 Å². The van der Waals surface area contributed by atoms with E-state index in [1.807, 2.05) is 12.1 Å². The van der Waals surface area contributed by atoms with Crippen molar-refractivity contribution in [1.82, 2.24) is 4.98 Å². The number of hydrogen-bond acceptors (Lipinski definition) is 3. The maximum Gasteiger partial charge on any atom is 0.202 e. The van der Waals surface area contributed by atoms with Gasteiger partial charge in [-0.1, -0.05) is 12.1 Å². The van der Waals surface area contributed by atoms with Crippen LogP contribution < -0.4 is 5.73 Å². The Balaban J connectivity index is 2.19. The highest BCUT2D eigenvalue weighted by Crippen LogP contribution is 2.47. The van der Waals surface area contributed by atoms with E-state index in [-0.39, 0.29) is 5.41 Å². The van der Waals surface area contributed by atoms with E-state index in [2.05, 4.69) is 18.0 Å². The monoisotopic (exact) mass is 202 g/mol. The second-order valence-corrected chi connectivity index (χ2v) is 4.43. The zero-order valence-electron chi connectivity index (χ0n) is 8.79. The van der Waals surface area contributed by atoms with Gasteiger partial charge in [-0.3, -0.25) is 0 Å². The van der Waals surface area contributed by atoms with Gasteiger partial charge in [-0.15, -0.1) is 0 Å². The maximum atomic E-state index is 5.78. The number of rotatable bonds is 2. The van der Waals surface area contributed by atoms with Crippen LogP contribution in [0.15, 0.2) is 22.6 Å². The summed E-state index contributed by atoms with van der Waals surface area (Å²) >= 11 is 0. The summed E-state index contributed by atoms with van der Waals surface area (Å²) in [5.74, 6) is 0.828. The van der Waals surface area contributed by atoms with Gasteiger partial charge in [0, 0.05) is 6.54 Å². The minimum Gasteiger partial charge on any atom is -0.440 e. The molecule has 0 radical (unpaired) electrons. The summed E-state index contributed by atoms with van der Waals surface area (Å²) in [4.78, 5) is 4.57. The van der Waals surface area contributed by atoms with Crippen molar-refractivity contribution in [2.75, 3.05) is 6.54 Å². The third-order valence-corrected chi connectivity index (χ3v) is 3.32. The highest BCUT2D eigenvalue weighted by molar-refractivity contribution is 5.76. The molecule has 1 aliphatic rings. The number of para-hydroxylation sites is 1. The second kappa shape index (κ2) is 2.83. The molecule has 1 aliphatic carbocycles. The minimum atomic E-state index is 0.0471. The van der Waals surface area contributed by atoms with Gasteiger partial charge in [-0.25, -0.2) is 4.98 Å². The molecule has 3 heteroatoms. The molecule has 78 valence electrons. The van der Waals surface area contributed by atoms with Gasteiger partial charge in [-0.05, 0) is 31.4 Å². The Hall–Kier alpha value is -1.35. The van der Waals surface area contributed by atoms with Crippen LogP contribution in [0.1, 0.15) is 24.3 Å². The average Bonchev–Trinajstić information content (AvgIpc) is 2.92. The zero-order valence-corrected chi connectivity index (χ0v) is 8.79. The van der Waals surface area contributed by atoms with Crippen molar-refractivity contribution < 1.29 is 4.42 Å². The predicted octanol–water partition coefficient (Wildman–Crippen LogP) is 2.13. The lowest BCUT2D eigenvalue weighted by Gasteiger charge is -2.04. The van der Waals surface area contributed by atoms with Crippen molar-refractivity contribution in [3.05, 3.63) is 29.7 Å². The first-order valence-corrected chi connectivity index (χ1v) is 5.32. The van der Waals surface area contributed by atoms with Gasteiger partial charge in [0.1, 0.15) is 5.52 Å². The first-order chi connectivity index (χ1) is 7.25. The fraction of sp³-hybridized carbons (Fsp3) is 0.417. The minimum absolute atomic E-state index is 0.0471. The highest BCUT2D eigenvalue weighted by atomic mass is 16.3. The van der Waals surface area contributed by atoms with Gasteiger partial charge in [0.25, 0.3) is 0 Å². The predicted molar refractivity (Wildman–Crippen MR) is 58.7 cm³/mol. The summed E-state index contributed by atoms with van der Waals surface area (Å²) in [5.41, 5.74) is 8.83. The van der Waals surface area contributed by atoms with E-state index >= 15 is 0 Å². The number of aryl methyl sites for hydroxylation is 1. The number of aromatic nitrogens is 1. The van der Waals surface area contributed by atoms with E-state index in [0.29, 0.717) is 6.54 Å². The van der Waals surface area contributed by atoms with Crippen molar-refractivity contribution in [3.63, 3.8) is 0 Å². The summed E-state index contributed by atoms with van der Waals surface area (Å²) < 4.78 is 5.78. The fourth-order valence-electron chi connectivity index (χ4n) is 1.97. The molecule has 0 spiro atoms. The Morgan fingerprint density at radius 2 is 2.27 bits per heavy atom. The van der Waals surface area contributed by atoms with Crippen molar-refractivity contribution >= 4 is 11.1 Å². The van der Waals surface area contributed by atoms with Gasteiger partial charge >= 0.3 is 0 Å². The standard InChI is InChI=1S/C12H14N2O/c1-8-3-2-4-9-10(8)14-11(15-9)12(7-13)5-6-12/h2-4H,5-7,13H2,1H3. The smallest absolute Gasteiger partial charge is 0.202 e. The quantitative estimate of drug-likeness (QED) is 0.811. The van der Waals surface area contributed by atoms with Crippen LogP contribution in [0.2, 0.25) is 0 Å². The molecular weight excluding hydrogens is 188 g/mol. The molecule has 0 aliphatic heterocycles. The molecule has 2 N–H and O–H groups in total. The lowest BCUT2D eigenvalue weighted by molar-refractivity contribution is 0.462. The zero-order chi connectivity index (χ0) is 10.5. The van der Waals surface area contributed by atoms with E-state index in [1.165, 1.54) is 0 Å². The lowest BCUT2D eigenvalue weighted by atomic mass is 10.1. The van der Waals surface area contributed by atoms with Gasteiger partial charge in [0.2, 0.25) is 5.89 Å². The Bertz CT molecular complexity index is 511. The molecule has 0 unspecified atom stereocenters. The van der Waals surface area contributed by atoms with Crippen LogP contribution in [0.5, 0.6) is 0 Å². The summed E-state index contributed by atoms with van der Waals surface area (Å²) in [7, 11) is 0. The molecule has 1 aromatic carbocycles. The van der Waals surface area contributed by atoms with Crippen molar-refractivity contribution in [3.8, 4) is 0 Å². The largest absolute Gasteiger partial charge is 0.440 e. The molecule has 0 bridgehead atoms. The number of oxazole rings is 1. The van der Waals surface area contributed by atoms with Crippen molar-refractivity contribution in [2.24, 2.45) is 5.73 Å². The summed E-state index contributed by atoms with van der Waals surface area (Å²) in [5, 5.41) is 0. The number of benzene rings is 1. The van der Waals surface area contributed by atoms with Crippen LogP contribution >= 0.6 is 0 Å². The van der Waals surface area contributed by atoms with Crippen LogP contribution in [0.3, 0.4) is 0 Å².